The number of nitrogens with zero attached hydrogens (tertiary/aromatic N) is 1. The summed E-state index contributed by atoms with van der Waals surface area (Å²) in [5, 5.41) is 3.07. The van der Waals surface area contributed by atoms with Crippen molar-refractivity contribution < 1.29 is 4.79 Å². The van der Waals surface area contributed by atoms with Crippen molar-refractivity contribution in [1.82, 2.24) is 10.2 Å². The molecule has 0 bridgehead atoms. The molecule has 1 fully saturated rings. The van der Waals surface area contributed by atoms with Gasteiger partial charge in [-0.3, -0.25) is 9.69 Å². The predicted molar refractivity (Wildman–Crippen MR) is 58.2 cm³/mol. The average Bonchev–Trinajstić information content (AvgIpc) is 2.18. The molecular weight excluding hydrogens is 176 g/mol. The third-order valence-electron chi connectivity index (χ3n) is 2.87. The van der Waals surface area contributed by atoms with Crippen LogP contribution in [0.2, 0.25) is 0 Å². The Hall–Kier alpha value is -0.570. The molecule has 0 saturated carbocycles. The highest BCUT2D eigenvalue weighted by molar-refractivity contribution is 5.75. The van der Waals surface area contributed by atoms with Crippen LogP contribution in [0.15, 0.2) is 0 Å². The first-order chi connectivity index (χ1) is 6.63. The van der Waals surface area contributed by atoms with Gasteiger partial charge >= 0.3 is 0 Å². The summed E-state index contributed by atoms with van der Waals surface area (Å²) in [6.07, 6.45) is 2.93. The highest BCUT2D eigenvalue weighted by atomic mass is 16.1. The number of carbonyl (C=O) groups excluding carboxylic acids is 1. The maximum Gasteiger partial charge on any atom is 0.219 e. The third-order valence-corrected chi connectivity index (χ3v) is 2.87. The Kier molecular flexibility index (Phi) is 4.39. The maximum atomic E-state index is 11.2. The van der Waals surface area contributed by atoms with Crippen LogP contribution in [-0.4, -0.2) is 36.0 Å². The normalized spacial score (nSPS) is 23.9. The van der Waals surface area contributed by atoms with E-state index in [2.05, 4.69) is 24.1 Å². The fraction of sp³-hybridized carbons (Fsp3) is 0.909. The number of hydrogen-bond acceptors (Lipinski definition) is 2. The fourth-order valence-electron chi connectivity index (χ4n) is 1.92. The summed E-state index contributed by atoms with van der Waals surface area (Å²) in [5.74, 6) is 0.181. The molecular formula is C11H22N2O. The summed E-state index contributed by atoms with van der Waals surface area (Å²) in [4.78, 5) is 13.7. The second-order valence-electron chi connectivity index (χ2n) is 4.35. The van der Waals surface area contributed by atoms with Crippen molar-refractivity contribution in [3.05, 3.63) is 0 Å². The Bertz CT molecular complexity index is 192. The van der Waals surface area contributed by atoms with E-state index >= 15 is 0 Å². The van der Waals surface area contributed by atoms with E-state index in [0.29, 0.717) is 18.5 Å². The molecule has 1 saturated heterocycles. The van der Waals surface area contributed by atoms with E-state index in [1.54, 1.807) is 0 Å². The Morgan fingerprint density at radius 1 is 1.57 bits per heavy atom. The summed E-state index contributed by atoms with van der Waals surface area (Å²) in [7, 11) is 0. The van der Waals surface area contributed by atoms with Crippen LogP contribution >= 0.6 is 0 Å². The van der Waals surface area contributed by atoms with Gasteiger partial charge in [0, 0.05) is 25.0 Å². The molecule has 1 atom stereocenters. The third kappa shape index (κ3) is 3.29. The molecule has 14 heavy (non-hydrogen) atoms. The van der Waals surface area contributed by atoms with Crippen molar-refractivity contribution in [3.8, 4) is 0 Å². The SMILES string of the molecule is CCC(=O)NC1CCCN(C(C)C)C1. The molecule has 3 nitrogen and oxygen atoms in total. The Morgan fingerprint density at radius 2 is 2.29 bits per heavy atom. The van der Waals surface area contributed by atoms with E-state index in [0.717, 1.165) is 13.0 Å². The minimum absolute atomic E-state index is 0.181. The van der Waals surface area contributed by atoms with Crippen molar-refractivity contribution in [2.75, 3.05) is 13.1 Å². The van der Waals surface area contributed by atoms with Crippen molar-refractivity contribution in [2.45, 2.75) is 52.1 Å². The standard InChI is InChI=1S/C11H22N2O/c1-4-11(14)12-10-6-5-7-13(8-10)9(2)3/h9-10H,4-8H2,1-3H3,(H,12,14). The number of amides is 1. The Balaban J connectivity index is 2.36. The summed E-state index contributed by atoms with van der Waals surface area (Å²) in [6, 6.07) is 0.968. The minimum atomic E-state index is 0.181. The Labute approximate surface area is 86.9 Å². The summed E-state index contributed by atoms with van der Waals surface area (Å²) in [6.45, 7) is 8.52. The maximum absolute atomic E-state index is 11.2. The molecule has 1 aliphatic rings. The van der Waals surface area contributed by atoms with E-state index in [-0.39, 0.29) is 5.91 Å². The molecule has 82 valence electrons. The number of hydrogen-bond donors (Lipinski definition) is 1. The molecule has 0 aromatic carbocycles. The van der Waals surface area contributed by atoms with E-state index in [9.17, 15) is 4.79 Å². The number of likely N-dealkylation sites (tertiary alicyclic amines) is 1. The lowest BCUT2D eigenvalue weighted by molar-refractivity contribution is -0.121. The van der Waals surface area contributed by atoms with Crippen LogP contribution in [0.25, 0.3) is 0 Å². The second-order valence-corrected chi connectivity index (χ2v) is 4.35. The van der Waals surface area contributed by atoms with E-state index in [1.165, 1.54) is 13.0 Å². The van der Waals surface area contributed by atoms with Crippen LogP contribution in [-0.2, 0) is 4.79 Å². The predicted octanol–water partition coefficient (Wildman–Crippen LogP) is 1.39. The van der Waals surface area contributed by atoms with Crippen LogP contribution in [0.4, 0.5) is 0 Å². The van der Waals surface area contributed by atoms with Gasteiger partial charge in [-0.05, 0) is 33.2 Å². The molecule has 0 spiro atoms. The van der Waals surface area contributed by atoms with Gasteiger partial charge in [-0.25, -0.2) is 0 Å². The van der Waals surface area contributed by atoms with Crippen molar-refractivity contribution in [1.29, 1.82) is 0 Å². The highest BCUT2D eigenvalue weighted by Crippen LogP contribution is 2.12. The number of carbonyl (C=O) groups is 1. The molecule has 1 N–H and O–H groups in total. The topological polar surface area (TPSA) is 32.3 Å². The van der Waals surface area contributed by atoms with Gasteiger partial charge in [0.15, 0.2) is 0 Å². The number of rotatable bonds is 3. The van der Waals surface area contributed by atoms with Gasteiger partial charge < -0.3 is 5.32 Å². The lowest BCUT2D eigenvalue weighted by atomic mass is 10.0. The zero-order valence-corrected chi connectivity index (χ0v) is 9.55. The first-order valence-corrected chi connectivity index (χ1v) is 5.67. The van der Waals surface area contributed by atoms with Gasteiger partial charge in [-0.1, -0.05) is 6.92 Å². The number of nitrogens with one attached hydrogen (secondary N) is 1. The molecule has 1 heterocycles. The Morgan fingerprint density at radius 3 is 2.86 bits per heavy atom. The molecule has 1 unspecified atom stereocenters. The fourth-order valence-corrected chi connectivity index (χ4v) is 1.92. The summed E-state index contributed by atoms with van der Waals surface area (Å²) >= 11 is 0. The average molecular weight is 198 g/mol. The van der Waals surface area contributed by atoms with Crippen molar-refractivity contribution >= 4 is 5.91 Å². The summed E-state index contributed by atoms with van der Waals surface area (Å²) < 4.78 is 0. The molecule has 1 rings (SSSR count). The molecule has 0 aliphatic carbocycles. The largest absolute Gasteiger partial charge is 0.352 e. The molecule has 0 radical (unpaired) electrons. The van der Waals surface area contributed by atoms with Gasteiger partial charge in [-0.2, -0.15) is 0 Å². The van der Waals surface area contributed by atoms with Crippen molar-refractivity contribution in [2.24, 2.45) is 0 Å². The minimum Gasteiger partial charge on any atom is -0.352 e. The van der Waals surface area contributed by atoms with Crippen molar-refractivity contribution in [3.63, 3.8) is 0 Å². The van der Waals surface area contributed by atoms with Gasteiger partial charge in [0.05, 0.1) is 0 Å². The highest BCUT2D eigenvalue weighted by Gasteiger charge is 2.22. The number of piperidine rings is 1. The lowest BCUT2D eigenvalue weighted by Gasteiger charge is -2.35. The van der Waals surface area contributed by atoms with Gasteiger partial charge in [0.25, 0.3) is 0 Å². The first kappa shape index (κ1) is 11.5. The van der Waals surface area contributed by atoms with Crippen LogP contribution in [0.5, 0.6) is 0 Å². The smallest absolute Gasteiger partial charge is 0.219 e. The molecule has 0 aromatic rings. The van der Waals surface area contributed by atoms with Gasteiger partial charge in [0.1, 0.15) is 0 Å². The first-order valence-electron chi connectivity index (χ1n) is 5.67. The zero-order valence-electron chi connectivity index (χ0n) is 9.55. The molecule has 0 aromatic heterocycles. The van der Waals surface area contributed by atoms with Crippen LogP contribution in [0.3, 0.4) is 0 Å². The lowest BCUT2D eigenvalue weighted by Crippen LogP contribution is -2.49. The summed E-state index contributed by atoms with van der Waals surface area (Å²) in [5.41, 5.74) is 0. The molecule has 3 heteroatoms. The van der Waals surface area contributed by atoms with Crippen LogP contribution < -0.4 is 5.32 Å². The monoisotopic (exact) mass is 198 g/mol. The van der Waals surface area contributed by atoms with Gasteiger partial charge in [-0.15, -0.1) is 0 Å². The van der Waals surface area contributed by atoms with E-state index in [1.807, 2.05) is 6.92 Å². The van der Waals surface area contributed by atoms with E-state index in [4.69, 9.17) is 0 Å². The van der Waals surface area contributed by atoms with Gasteiger partial charge in [0.2, 0.25) is 5.91 Å². The molecule has 1 amide bonds. The quantitative estimate of drug-likeness (QED) is 0.743. The van der Waals surface area contributed by atoms with E-state index < -0.39 is 0 Å². The zero-order chi connectivity index (χ0) is 10.6. The van der Waals surface area contributed by atoms with Crippen LogP contribution in [0, 0.1) is 0 Å². The van der Waals surface area contributed by atoms with Crippen LogP contribution in [0.1, 0.15) is 40.0 Å². The second kappa shape index (κ2) is 5.35. The molecule has 1 aliphatic heterocycles.